The first-order valence-corrected chi connectivity index (χ1v) is 5.98. The monoisotopic (exact) mass is 336 g/mol. The Morgan fingerprint density at radius 1 is 1.56 bits per heavy atom. The zero-order chi connectivity index (χ0) is 12.0. The van der Waals surface area contributed by atoms with Crippen molar-refractivity contribution in [2.45, 2.75) is 13.3 Å². The summed E-state index contributed by atoms with van der Waals surface area (Å²) in [6, 6.07) is 4.48. The van der Waals surface area contributed by atoms with Crippen molar-refractivity contribution in [1.82, 2.24) is 5.43 Å². The van der Waals surface area contributed by atoms with E-state index in [-0.39, 0.29) is 5.82 Å². The molecule has 0 unspecified atom stereocenters. The Bertz CT molecular complexity index is 381. The fourth-order valence-electron chi connectivity index (χ4n) is 1.06. The zero-order valence-electron chi connectivity index (χ0n) is 8.93. The summed E-state index contributed by atoms with van der Waals surface area (Å²) in [7, 11) is 0. The number of halogens is 2. The molecule has 4 nitrogen and oxygen atoms in total. The van der Waals surface area contributed by atoms with E-state index in [0.29, 0.717) is 12.5 Å². The van der Waals surface area contributed by atoms with Crippen molar-refractivity contribution in [3.8, 4) is 0 Å². The lowest BCUT2D eigenvalue weighted by atomic mass is 10.3. The molecule has 88 valence electrons. The fraction of sp³-hybridized carbons (Fsp3) is 0.300. The second-order valence-corrected chi connectivity index (χ2v) is 4.29. The molecule has 0 aliphatic carbocycles. The number of anilines is 1. The van der Waals surface area contributed by atoms with E-state index in [9.17, 15) is 4.39 Å². The molecule has 0 saturated heterocycles. The number of hydrogen-bond acceptors (Lipinski definition) is 2. The van der Waals surface area contributed by atoms with Crippen LogP contribution in [0.15, 0.2) is 23.2 Å². The molecule has 0 heterocycles. The molecule has 0 bridgehead atoms. The summed E-state index contributed by atoms with van der Waals surface area (Å²) in [5.41, 5.74) is 3.24. The van der Waals surface area contributed by atoms with Gasteiger partial charge < -0.3 is 5.32 Å². The Hall–Kier alpha value is -0.890. The van der Waals surface area contributed by atoms with E-state index in [1.165, 1.54) is 12.1 Å². The van der Waals surface area contributed by atoms with Crippen LogP contribution in [-0.4, -0.2) is 12.5 Å². The average molecular weight is 336 g/mol. The van der Waals surface area contributed by atoms with Crippen LogP contribution in [-0.2, 0) is 0 Å². The van der Waals surface area contributed by atoms with Crippen LogP contribution >= 0.6 is 22.6 Å². The van der Waals surface area contributed by atoms with E-state index in [1.807, 2.05) is 29.5 Å². The molecule has 0 aromatic heterocycles. The quantitative estimate of drug-likeness (QED) is 0.260. The number of nitrogens with one attached hydrogen (secondary N) is 2. The third kappa shape index (κ3) is 3.93. The Balaban J connectivity index is 2.78. The smallest absolute Gasteiger partial charge is 0.210 e. The van der Waals surface area contributed by atoms with Gasteiger partial charge >= 0.3 is 0 Å². The number of nitrogens with zero attached hydrogens (tertiary/aromatic N) is 1. The van der Waals surface area contributed by atoms with Gasteiger partial charge in [-0.3, -0.25) is 10.4 Å². The Morgan fingerprint density at radius 3 is 2.88 bits per heavy atom. The van der Waals surface area contributed by atoms with E-state index in [1.54, 1.807) is 6.07 Å². The van der Waals surface area contributed by atoms with Crippen molar-refractivity contribution in [3.63, 3.8) is 0 Å². The molecule has 0 aliphatic heterocycles. The predicted molar refractivity (Wildman–Crippen MR) is 72.7 cm³/mol. The van der Waals surface area contributed by atoms with Crippen molar-refractivity contribution in [2.24, 2.45) is 10.8 Å². The highest BCUT2D eigenvalue weighted by Gasteiger charge is 2.03. The molecule has 16 heavy (non-hydrogen) atoms. The normalized spacial score (nSPS) is 11.4. The summed E-state index contributed by atoms with van der Waals surface area (Å²) in [4.78, 5) is 4.19. The molecule has 0 fully saturated rings. The van der Waals surface area contributed by atoms with E-state index in [0.717, 1.165) is 15.7 Å². The van der Waals surface area contributed by atoms with E-state index < -0.39 is 0 Å². The lowest BCUT2D eigenvalue weighted by Crippen LogP contribution is -2.36. The fourth-order valence-corrected chi connectivity index (χ4v) is 1.68. The van der Waals surface area contributed by atoms with Crippen molar-refractivity contribution >= 4 is 34.2 Å². The average Bonchev–Trinajstić information content (AvgIpc) is 2.27. The molecule has 0 atom stereocenters. The minimum Gasteiger partial charge on any atom is -0.324 e. The van der Waals surface area contributed by atoms with E-state index in [2.05, 4.69) is 15.7 Å². The molecule has 0 spiro atoms. The number of hydrazine groups is 1. The third-order valence-corrected chi connectivity index (χ3v) is 2.71. The number of rotatable bonds is 3. The molecule has 1 aromatic rings. The zero-order valence-corrected chi connectivity index (χ0v) is 11.1. The van der Waals surface area contributed by atoms with E-state index in [4.69, 9.17) is 5.84 Å². The summed E-state index contributed by atoms with van der Waals surface area (Å²) in [5, 5.41) is 3.00. The molecule has 0 radical (unpaired) electrons. The largest absolute Gasteiger partial charge is 0.324 e. The highest BCUT2D eigenvalue weighted by molar-refractivity contribution is 14.1. The van der Waals surface area contributed by atoms with Crippen LogP contribution in [0.25, 0.3) is 0 Å². The maximum atomic E-state index is 12.9. The second-order valence-electron chi connectivity index (χ2n) is 3.12. The molecule has 1 rings (SSSR count). The molecular weight excluding hydrogens is 322 g/mol. The van der Waals surface area contributed by atoms with Crippen LogP contribution in [0.4, 0.5) is 10.1 Å². The van der Waals surface area contributed by atoms with Gasteiger partial charge in [-0.2, -0.15) is 0 Å². The Labute approximate surface area is 108 Å². The SMILES string of the molecule is CCCN=C(NN)Nc1ccc(F)cc1I. The maximum Gasteiger partial charge on any atom is 0.210 e. The van der Waals surface area contributed by atoms with Crippen LogP contribution in [0.2, 0.25) is 0 Å². The van der Waals surface area contributed by atoms with Gasteiger partial charge in [0.1, 0.15) is 5.82 Å². The maximum absolute atomic E-state index is 12.9. The lowest BCUT2D eigenvalue weighted by molar-refractivity contribution is 0.627. The van der Waals surface area contributed by atoms with Crippen LogP contribution in [0.3, 0.4) is 0 Å². The topological polar surface area (TPSA) is 62.4 Å². The van der Waals surface area contributed by atoms with Gasteiger partial charge in [0.15, 0.2) is 0 Å². The first-order valence-electron chi connectivity index (χ1n) is 4.90. The van der Waals surface area contributed by atoms with Gasteiger partial charge in [0.25, 0.3) is 0 Å². The van der Waals surface area contributed by atoms with Crippen molar-refractivity contribution in [1.29, 1.82) is 0 Å². The Morgan fingerprint density at radius 2 is 2.31 bits per heavy atom. The standard InChI is InChI=1S/C10H14FIN4/c1-2-5-14-10(16-13)15-9-4-3-7(11)6-8(9)12/h3-4,6H,2,5,13H2,1H3,(H2,14,15,16). The van der Waals surface area contributed by atoms with Gasteiger partial charge in [-0.1, -0.05) is 6.92 Å². The molecule has 0 saturated carbocycles. The summed E-state index contributed by atoms with van der Waals surface area (Å²) in [5.74, 6) is 5.54. The highest BCUT2D eigenvalue weighted by atomic mass is 127. The molecular formula is C10H14FIN4. The Kier molecular flexibility index (Phi) is 5.47. The highest BCUT2D eigenvalue weighted by Crippen LogP contribution is 2.18. The van der Waals surface area contributed by atoms with Crippen LogP contribution in [0.1, 0.15) is 13.3 Å². The molecule has 0 aliphatic rings. The summed E-state index contributed by atoms with van der Waals surface area (Å²) < 4.78 is 13.6. The number of nitrogens with two attached hydrogens (primary N) is 1. The number of hydrogen-bond donors (Lipinski definition) is 3. The minimum absolute atomic E-state index is 0.261. The molecule has 4 N–H and O–H groups in total. The van der Waals surface area contributed by atoms with Crippen molar-refractivity contribution < 1.29 is 4.39 Å². The number of aliphatic imine (C=N–C) groups is 1. The van der Waals surface area contributed by atoms with Crippen molar-refractivity contribution in [2.75, 3.05) is 11.9 Å². The van der Waals surface area contributed by atoms with Gasteiger partial charge in [-0.15, -0.1) is 0 Å². The first kappa shape index (κ1) is 13.2. The van der Waals surface area contributed by atoms with Crippen LogP contribution in [0.5, 0.6) is 0 Å². The van der Waals surface area contributed by atoms with Gasteiger partial charge in [0.2, 0.25) is 5.96 Å². The summed E-state index contributed by atoms with van der Waals surface area (Å²) >= 11 is 2.05. The van der Waals surface area contributed by atoms with Gasteiger partial charge in [0, 0.05) is 10.1 Å². The molecule has 1 aromatic carbocycles. The number of benzene rings is 1. The van der Waals surface area contributed by atoms with Crippen LogP contribution in [0, 0.1) is 9.39 Å². The summed E-state index contributed by atoms with van der Waals surface area (Å²) in [6.07, 6.45) is 0.938. The summed E-state index contributed by atoms with van der Waals surface area (Å²) in [6.45, 7) is 2.71. The van der Waals surface area contributed by atoms with E-state index >= 15 is 0 Å². The second kappa shape index (κ2) is 6.64. The first-order chi connectivity index (χ1) is 7.67. The predicted octanol–water partition coefficient (Wildman–Crippen LogP) is 2.07. The molecule has 6 heteroatoms. The van der Waals surface area contributed by atoms with Gasteiger partial charge in [-0.05, 0) is 47.2 Å². The third-order valence-electron chi connectivity index (χ3n) is 1.81. The van der Waals surface area contributed by atoms with Crippen LogP contribution < -0.4 is 16.6 Å². The number of guanidine groups is 1. The minimum atomic E-state index is -0.261. The van der Waals surface area contributed by atoms with Gasteiger partial charge in [-0.25, -0.2) is 10.2 Å². The molecule has 0 amide bonds. The van der Waals surface area contributed by atoms with Gasteiger partial charge in [0.05, 0.1) is 5.69 Å². The van der Waals surface area contributed by atoms with Crippen molar-refractivity contribution in [3.05, 3.63) is 27.6 Å². The lowest BCUT2D eigenvalue weighted by Gasteiger charge is -2.10.